The van der Waals surface area contributed by atoms with Crippen LogP contribution in [0.3, 0.4) is 0 Å². The van der Waals surface area contributed by atoms with E-state index >= 15 is 0 Å². The number of anilines is 1. The smallest absolute Gasteiger partial charge is 0.319 e. The highest BCUT2D eigenvalue weighted by atomic mass is 16.2. The lowest BCUT2D eigenvalue weighted by Crippen LogP contribution is -2.38. The molecule has 0 fully saturated rings. The van der Waals surface area contributed by atoms with Crippen LogP contribution in [-0.2, 0) is 12.8 Å². The fourth-order valence-electron chi connectivity index (χ4n) is 2.52. The second-order valence-electron chi connectivity index (χ2n) is 4.99. The Hall–Kier alpha value is -2.43. The number of nitrogens with one attached hydrogen (secondary N) is 2. The zero-order valence-corrected chi connectivity index (χ0v) is 11.3. The van der Waals surface area contributed by atoms with Crippen LogP contribution in [0.4, 0.5) is 10.5 Å². The third kappa shape index (κ3) is 2.61. The van der Waals surface area contributed by atoms with Gasteiger partial charge in [-0.1, -0.05) is 24.3 Å². The van der Waals surface area contributed by atoms with Crippen molar-refractivity contribution in [1.82, 2.24) is 15.3 Å². The van der Waals surface area contributed by atoms with Gasteiger partial charge in [-0.05, 0) is 30.9 Å². The van der Waals surface area contributed by atoms with Crippen molar-refractivity contribution in [3.8, 4) is 0 Å². The predicted molar refractivity (Wildman–Crippen MR) is 76.6 cm³/mol. The summed E-state index contributed by atoms with van der Waals surface area (Å²) in [5, 5.41) is 5.78. The van der Waals surface area contributed by atoms with Crippen LogP contribution in [0.2, 0.25) is 0 Å². The molecule has 1 aliphatic rings. The molecule has 102 valence electrons. The largest absolute Gasteiger partial charge is 0.334 e. The summed E-state index contributed by atoms with van der Waals surface area (Å²) in [4.78, 5) is 19.9. The average molecular weight is 268 g/mol. The van der Waals surface area contributed by atoms with E-state index in [-0.39, 0.29) is 12.1 Å². The topological polar surface area (TPSA) is 66.9 Å². The molecule has 0 atom stereocenters. The van der Waals surface area contributed by atoms with Crippen LogP contribution in [0.1, 0.15) is 16.8 Å². The van der Waals surface area contributed by atoms with E-state index in [4.69, 9.17) is 0 Å². The second kappa shape index (κ2) is 5.28. The molecule has 0 bridgehead atoms. The summed E-state index contributed by atoms with van der Waals surface area (Å²) in [6.45, 7) is 1.84. The Labute approximate surface area is 117 Å². The minimum atomic E-state index is -0.208. The highest BCUT2D eigenvalue weighted by Gasteiger charge is 2.22. The molecule has 0 saturated carbocycles. The van der Waals surface area contributed by atoms with Crippen molar-refractivity contribution in [3.05, 3.63) is 53.6 Å². The predicted octanol–water partition coefficient (Wildman–Crippen LogP) is 2.07. The number of hydrogen-bond donors (Lipinski definition) is 2. The number of carbonyl (C=O) groups excluding carboxylic acids is 1. The van der Waals surface area contributed by atoms with Crippen molar-refractivity contribution in [2.75, 3.05) is 5.32 Å². The molecule has 2 amide bonds. The van der Waals surface area contributed by atoms with Gasteiger partial charge in [0, 0.05) is 6.04 Å². The summed E-state index contributed by atoms with van der Waals surface area (Å²) in [6, 6.07) is 8.24. The number of amides is 2. The zero-order valence-electron chi connectivity index (χ0n) is 11.3. The van der Waals surface area contributed by atoms with Gasteiger partial charge >= 0.3 is 6.03 Å². The first-order valence-corrected chi connectivity index (χ1v) is 6.63. The number of nitrogens with zero attached hydrogens (tertiary/aromatic N) is 2. The number of rotatable bonds is 2. The first-order valence-electron chi connectivity index (χ1n) is 6.63. The number of hydrogen-bond acceptors (Lipinski definition) is 3. The molecule has 1 aromatic heterocycles. The van der Waals surface area contributed by atoms with Gasteiger partial charge in [0.1, 0.15) is 6.33 Å². The Morgan fingerprint density at radius 1 is 1.25 bits per heavy atom. The van der Waals surface area contributed by atoms with Gasteiger partial charge in [-0.2, -0.15) is 0 Å². The van der Waals surface area contributed by atoms with E-state index in [1.165, 1.54) is 17.5 Å². The number of benzene rings is 1. The van der Waals surface area contributed by atoms with E-state index in [1.807, 2.05) is 19.1 Å². The van der Waals surface area contributed by atoms with E-state index in [0.29, 0.717) is 5.69 Å². The lowest BCUT2D eigenvalue weighted by atomic mass is 10.1. The van der Waals surface area contributed by atoms with E-state index in [2.05, 4.69) is 32.7 Å². The molecule has 1 aliphatic carbocycles. The van der Waals surface area contributed by atoms with E-state index in [9.17, 15) is 4.79 Å². The molecule has 20 heavy (non-hydrogen) atoms. The lowest BCUT2D eigenvalue weighted by molar-refractivity contribution is 0.248. The van der Waals surface area contributed by atoms with Gasteiger partial charge in [-0.15, -0.1) is 0 Å². The van der Waals surface area contributed by atoms with Crippen molar-refractivity contribution >= 4 is 11.7 Å². The standard InChI is InChI=1S/C15H16N4O/c1-10-14(8-16-9-17-10)19-15(20)18-13-6-11-4-2-3-5-12(11)7-13/h2-5,8-9,13H,6-7H2,1H3,(H2,18,19,20). The van der Waals surface area contributed by atoms with Gasteiger partial charge in [-0.3, -0.25) is 0 Å². The van der Waals surface area contributed by atoms with Crippen molar-refractivity contribution in [2.24, 2.45) is 0 Å². The SMILES string of the molecule is Cc1ncncc1NC(=O)NC1Cc2ccccc2C1. The van der Waals surface area contributed by atoms with Gasteiger partial charge in [0.2, 0.25) is 0 Å². The summed E-state index contributed by atoms with van der Waals surface area (Å²) in [5.74, 6) is 0. The van der Waals surface area contributed by atoms with E-state index < -0.39 is 0 Å². The van der Waals surface area contributed by atoms with E-state index in [1.54, 1.807) is 6.20 Å². The van der Waals surface area contributed by atoms with Crippen molar-refractivity contribution < 1.29 is 4.79 Å². The minimum absolute atomic E-state index is 0.150. The molecule has 5 heteroatoms. The van der Waals surface area contributed by atoms with Crippen molar-refractivity contribution in [1.29, 1.82) is 0 Å². The first-order chi connectivity index (χ1) is 9.72. The van der Waals surface area contributed by atoms with Crippen LogP contribution >= 0.6 is 0 Å². The Morgan fingerprint density at radius 3 is 2.60 bits per heavy atom. The highest BCUT2D eigenvalue weighted by molar-refractivity contribution is 5.89. The molecular formula is C15H16N4O. The molecular weight excluding hydrogens is 252 g/mol. The van der Waals surface area contributed by atoms with Crippen LogP contribution in [0.15, 0.2) is 36.8 Å². The third-order valence-electron chi connectivity index (χ3n) is 3.55. The number of aryl methyl sites for hydroxylation is 1. The molecule has 0 aliphatic heterocycles. The molecule has 0 spiro atoms. The highest BCUT2D eigenvalue weighted by Crippen LogP contribution is 2.21. The third-order valence-corrected chi connectivity index (χ3v) is 3.55. The number of carbonyl (C=O) groups is 1. The normalized spacial score (nSPS) is 13.8. The quantitative estimate of drug-likeness (QED) is 0.876. The first kappa shape index (κ1) is 12.6. The molecule has 5 nitrogen and oxygen atoms in total. The maximum Gasteiger partial charge on any atom is 0.319 e. The molecule has 1 aromatic carbocycles. The summed E-state index contributed by atoms with van der Waals surface area (Å²) >= 11 is 0. The molecule has 0 unspecified atom stereocenters. The molecule has 2 aromatic rings. The zero-order chi connectivity index (χ0) is 13.9. The van der Waals surface area contributed by atoms with Crippen molar-refractivity contribution in [3.63, 3.8) is 0 Å². The summed E-state index contributed by atoms with van der Waals surface area (Å²) in [6.07, 6.45) is 4.83. The second-order valence-corrected chi connectivity index (χ2v) is 4.99. The number of urea groups is 1. The van der Waals surface area contributed by atoms with Crippen LogP contribution < -0.4 is 10.6 Å². The Kier molecular flexibility index (Phi) is 3.33. The maximum atomic E-state index is 12.0. The van der Waals surface area contributed by atoms with Crippen LogP contribution in [-0.4, -0.2) is 22.0 Å². The molecule has 0 radical (unpaired) electrons. The number of aromatic nitrogens is 2. The number of fused-ring (bicyclic) bond motifs is 1. The fourth-order valence-corrected chi connectivity index (χ4v) is 2.52. The molecule has 1 heterocycles. The molecule has 0 saturated heterocycles. The summed E-state index contributed by atoms with van der Waals surface area (Å²) < 4.78 is 0. The van der Waals surface area contributed by atoms with Crippen LogP contribution in [0.5, 0.6) is 0 Å². The van der Waals surface area contributed by atoms with Crippen LogP contribution in [0, 0.1) is 6.92 Å². The van der Waals surface area contributed by atoms with Crippen molar-refractivity contribution in [2.45, 2.75) is 25.8 Å². The van der Waals surface area contributed by atoms with Gasteiger partial charge in [0.05, 0.1) is 17.6 Å². The van der Waals surface area contributed by atoms with Gasteiger partial charge in [-0.25, -0.2) is 14.8 Å². The van der Waals surface area contributed by atoms with E-state index in [0.717, 1.165) is 18.5 Å². The summed E-state index contributed by atoms with van der Waals surface area (Å²) in [7, 11) is 0. The summed E-state index contributed by atoms with van der Waals surface area (Å²) in [5.41, 5.74) is 4.03. The monoisotopic (exact) mass is 268 g/mol. The lowest BCUT2D eigenvalue weighted by Gasteiger charge is -2.13. The minimum Gasteiger partial charge on any atom is -0.334 e. The van der Waals surface area contributed by atoms with Gasteiger partial charge in [0.25, 0.3) is 0 Å². The Bertz CT molecular complexity index is 616. The maximum absolute atomic E-state index is 12.0. The Balaban J connectivity index is 1.60. The van der Waals surface area contributed by atoms with Crippen LogP contribution in [0.25, 0.3) is 0 Å². The fraction of sp³-hybridized carbons (Fsp3) is 0.267. The van der Waals surface area contributed by atoms with Gasteiger partial charge < -0.3 is 10.6 Å². The Morgan fingerprint density at radius 2 is 1.95 bits per heavy atom. The molecule has 3 rings (SSSR count). The van der Waals surface area contributed by atoms with Gasteiger partial charge in [0.15, 0.2) is 0 Å². The average Bonchev–Trinajstić information content (AvgIpc) is 2.83. The molecule has 2 N–H and O–H groups in total.